The molecule has 1 aromatic carbocycles. The zero-order valence-electron chi connectivity index (χ0n) is 34.0. The molecule has 2 aliphatic heterocycles. The van der Waals surface area contributed by atoms with Crippen molar-refractivity contribution in [3.05, 3.63) is 81.9 Å². The summed E-state index contributed by atoms with van der Waals surface area (Å²) < 4.78 is 72.0. The standard InChI is InChI=1S/C43H47F4N9O5/c1-23(2)61-36-18-37-48-33(21-54(37)20-28(36)40(58)49-32-5-4-12-55(41(32)59)35-17-31(35)45)25-8-6-24(7-9-25)19-53-13-10-29(43(46,47)22-53)26-16-34-27(15-30(26)44)39(51-52(34)3)56-14-11-38(57)50-42(56)60/h4-5,12,15-16,18,20-21,23-25,29,31,35H,6-11,13-14,17,19,22H2,1-3H3,(H,49,58)(H,50,57,60)/t24?,25?,29-,31+,35-/m0/s1. The molecule has 18 heteroatoms. The van der Waals surface area contributed by atoms with Crippen LogP contribution in [0.2, 0.25) is 0 Å². The van der Waals surface area contributed by atoms with E-state index in [-0.39, 0.29) is 66.4 Å². The van der Waals surface area contributed by atoms with Gasteiger partial charge in [0.2, 0.25) is 5.91 Å². The van der Waals surface area contributed by atoms with E-state index in [1.165, 1.54) is 38.5 Å². The Bertz CT molecular complexity index is 2620. The number of benzene rings is 1. The van der Waals surface area contributed by atoms with Gasteiger partial charge in [-0.2, -0.15) is 5.10 Å². The molecule has 4 amide bonds. The number of likely N-dealkylation sites (tertiary alicyclic amines) is 1. The number of aromatic nitrogens is 5. The van der Waals surface area contributed by atoms with Crippen molar-refractivity contribution in [3.63, 3.8) is 0 Å². The van der Waals surface area contributed by atoms with Gasteiger partial charge in [0.25, 0.3) is 17.4 Å². The van der Waals surface area contributed by atoms with E-state index in [9.17, 15) is 23.6 Å². The number of rotatable bonds is 10. The molecule has 61 heavy (non-hydrogen) atoms. The van der Waals surface area contributed by atoms with Crippen molar-refractivity contribution < 1.29 is 36.7 Å². The molecule has 2 N–H and O–H groups in total. The van der Waals surface area contributed by atoms with Gasteiger partial charge in [-0.25, -0.2) is 27.3 Å². The lowest BCUT2D eigenvalue weighted by Gasteiger charge is -2.41. The first-order chi connectivity index (χ1) is 29.1. The molecular weight excluding hydrogens is 799 g/mol. The number of urea groups is 1. The van der Waals surface area contributed by atoms with E-state index >= 15 is 13.2 Å². The van der Waals surface area contributed by atoms with Gasteiger partial charge in [-0.3, -0.25) is 34.2 Å². The topological polar surface area (TPSA) is 148 Å². The quantitative estimate of drug-likeness (QED) is 0.148. The highest BCUT2D eigenvalue weighted by Crippen LogP contribution is 2.44. The summed E-state index contributed by atoms with van der Waals surface area (Å²) in [6, 6.07) is 6.17. The minimum Gasteiger partial charge on any atom is -0.490 e. The molecule has 4 fully saturated rings. The number of carbonyl (C=O) groups is 3. The number of carbonyl (C=O) groups excluding carboxylic acids is 3. The fourth-order valence-corrected chi connectivity index (χ4v) is 9.31. The van der Waals surface area contributed by atoms with Gasteiger partial charge in [-0.15, -0.1) is 0 Å². The summed E-state index contributed by atoms with van der Waals surface area (Å²) in [5.41, 5.74) is 1.53. The van der Waals surface area contributed by atoms with Crippen LogP contribution >= 0.6 is 0 Å². The number of hydrogen-bond acceptors (Lipinski definition) is 8. The summed E-state index contributed by atoms with van der Waals surface area (Å²) in [5, 5.41) is 9.60. The van der Waals surface area contributed by atoms with E-state index in [4.69, 9.17) is 9.72 Å². The number of pyridine rings is 2. The maximum Gasteiger partial charge on any atom is 0.329 e. The summed E-state index contributed by atoms with van der Waals surface area (Å²) in [6.07, 6.45) is 7.33. The van der Waals surface area contributed by atoms with Crippen LogP contribution in [0.5, 0.6) is 5.75 Å². The van der Waals surface area contributed by atoms with Crippen LogP contribution in [0.15, 0.2) is 53.7 Å². The molecule has 322 valence electrons. The average molecular weight is 846 g/mol. The zero-order chi connectivity index (χ0) is 42.9. The predicted octanol–water partition coefficient (Wildman–Crippen LogP) is 6.69. The molecule has 4 aromatic heterocycles. The molecule has 0 radical (unpaired) electrons. The largest absolute Gasteiger partial charge is 0.490 e. The second-order valence-corrected chi connectivity index (χ2v) is 17.2. The molecule has 0 spiro atoms. The maximum absolute atomic E-state index is 16.0. The van der Waals surface area contributed by atoms with E-state index in [0.717, 1.165) is 31.4 Å². The average Bonchev–Trinajstić information content (AvgIpc) is 3.64. The predicted molar refractivity (Wildman–Crippen MR) is 218 cm³/mol. The lowest BCUT2D eigenvalue weighted by Crippen LogP contribution is -2.49. The summed E-state index contributed by atoms with van der Waals surface area (Å²) in [4.78, 5) is 58.7. The lowest BCUT2D eigenvalue weighted by atomic mass is 9.79. The molecule has 0 bridgehead atoms. The molecule has 6 heterocycles. The number of ether oxygens (including phenoxy) is 1. The molecule has 4 aliphatic rings. The van der Waals surface area contributed by atoms with Crippen molar-refractivity contribution in [1.29, 1.82) is 0 Å². The van der Waals surface area contributed by atoms with E-state index < -0.39 is 59.8 Å². The monoisotopic (exact) mass is 845 g/mol. The van der Waals surface area contributed by atoms with Gasteiger partial charge in [0, 0.05) is 68.9 Å². The number of imidazole rings is 1. The van der Waals surface area contributed by atoms with Gasteiger partial charge < -0.3 is 19.0 Å². The number of imide groups is 1. The first-order valence-electron chi connectivity index (χ1n) is 20.9. The first kappa shape index (κ1) is 40.6. The van der Waals surface area contributed by atoms with Crippen molar-refractivity contribution in [1.82, 2.24) is 33.9 Å². The third-order valence-electron chi connectivity index (χ3n) is 12.5. The van der Waals surface area contributed by atoms with Crippen molar-refractivity contribution in [3.8, 4) is 5.75 Å². The SMILES string of the molecule is CC(C)Oc1cc2nc(C3CCC(CN4CC[C@@H](c5cc6c(cc5F)c(N5CCC(=O)NC5=O)nn6C)C(F)(F)C4)CC3)cn2cc1C(=O)Nc1cccn([C@H]2C[C@H]2F)c1=O. The lowest BCUT2D eigenvalue weighted by molar-refractivity contribution is -0.120. The number of alkyl halides is 3. The Morgan fingerprint density at radius 2 is 1.84 bits per heavy atom. The highest BCUT2D eigenvalue weighted by atomic mass is 19.3. The van der Waals surface area contributed by atoms with Crippen LogP contribution in [-0.4, -0.2) is 90.9 Å². The van der Waals surface area contributed by atoms with E-state index in [0.29, 0.717) is 35.4 Å². The number of amides is 4. The normalized spacial score (nSPS) is 24.4. The van der Waals surface area contributed by atoms with Crippen LogP contribution < -0.4 is 25.8 Å². The number of halogens is 4. The van der Waals surface area contributed by atoms with Crippen LogP contribution in [0.4, 0.5) is 33.9 Å². The third kappa shape index (κ3) is 7.85. The summed E-state index contributed by atoms with van der Waals surface area (Å²) in [6.45, 7) is 4.16. The Morgan fingerprint density at radius 1 is 1.07 bits per heavy atom. The number of fused-ring (bicyclic) bond motifs is 2. The van der Waals surface area contributed by atoms with Gasteiger partial charge >= 0.3 is 6.03 Å². The van der Waals surface area contributed by atoms with Crippen LogP contribution in [0.25, 0.3) is 16.6 Å². The highest BCUT2D eigenvalue weighted by molar-refractivity contribution is 6.09. The Morgan fingerprint density at radius 3 is 2.54 bits per heavy atom. The fraction of sp³-hybridized carbons (Fsp3) is 0.488. The number of nitrogens with one attached hydrogen (secondary N) is 2. The first-order valence-corrected chi connectivity index (χ1v) is 20.9. The Hall–Kier alpha value is -5.78. The summed E-state index contributed by atoms with van der Waals surface area (Å²) in [5.74, 6) is -5.49. The van der Waals surface area contributed by atoms with E-state index in [2.05, 4.69) is 15.7 Å². The Balaban J connectivity index is 0.841. The Labute approximate surface area is 347 Å². The zero-order valence-corrected chi connectivity index (χ0v) is 34.0. The summed E-state index contributed by atoms with van der Waals surface area (Å²) in [7, 11) is 1.61. The van der Waals surface area contributed by atoms with E-state index in [1.54, 1.807) is 34.7 Å². The van der Waals surface area contributed by atoms with Gasteiger partial charge in [0.15, 0.2) is 5.82 Å². The number of piperidine rings is 1. The number of nitrogens with zero attached hydrogens (tertiary/aromatic N) is 7. The van der Waals surface area contributed by atoms with Crippen LogP contribution in [0, 0.1) is 11.7 Å². The van der Waals surface area contributed by atoms with Crippen LogP contribution in [-0.2, 0) is 11.8 Å². The number of aryl methyl sites for hydroxylation is 1. The molecule has 9 rings (SSSR count). The molecule has 2 aliphatic carbocycles. The van der Waals surface area contributed by atoms with Gasteiger partial charge in [-0.05, 0) is 88.2 Å². The molecule has 2 saturated heterocycles. The molecular formula is C43H47F4N9O5. The van der Waals surface area contributed by atoms with Crippen molar-refractivity contribution in [2.75, 3.05) is 36.4 Å². The number of anilines is 2. The molecule has 5 aromatic rings. The minimum atomic E-state index is -3.20. The minimum absolute atomic E-state index is 0.0389. The van der Waals surface area contributed by atoms with Gasteiger partial charge in [0.1, 0.15) is 29.1 Å². The van der Waals surface area contributed by atoms with Crippen LogP contribution in [0.1, 0.15) is 98.3 Å². The molecule has 14 nitrogen and oxygen atoms in total. The summed E-state index contributed by atoms with van der Waals surface area (Å²) >= 11 is 0. The van der Waals surface area contributed by atoms with E-state index in [1.807, 2.05) is 20.0 Å². The fourth-order valence-electron chi connectivity index (χ4n) is 9.31. The molecule has 2 saturated carbocycles. The molecule has 0 unspecified atom stereocenters. The van der Waals surface area contributed by atoms with Gasteiger partial charge in [0.05, 0.1) is 41.4 Å². The number of hydrogen-bond donors (Lipinski definition) is 2. The third-order valence-corrected chi connectivity index (χ3v) is 12.5. The second kappa shape index (κ2) is 15.6. The van der Waals surface area contributed by atoms with Gasteiger partial charge in [-0.1, -0.05) is 0 Å². The molecule has 3 atom stereocenters. The maximum atomic E-state index is 16.0. The highest BCUT2D eigenvalue weighted by Gasteiger charge is 2.47. The van der Waals surface area contributed by atoms with Crippen molar-refractivity contribution in [2.45, 2.75) is 94.9 Å². The van der Waals surface area contributed by atoms with Crippen molar-refractivity contribution in [2.24, 2.45) is 13.0 Å². The Kier molecular flexibility index (Phi) is 10.4. The smallest absolute Gasteiger partial charge is 0.329 e. The van der Waals surface area contributed by atoms with Crippen molar-refractivity contribution >= 4 is 45.9 Å². The second-order valence-electron chi connectivity index (χ2n) is 17.2. The van der Waals surface area contributed by atoms with Crippen LogP contribution in [0.3, 0.4) is 0 Å².